The number of aryl methyl sites for hydroxylation is 1. The van der Waals surface area contributed by atoms with E-state index < -0.39 is 0 Å². The van der Waals surface area contributed by atoms with Crippen molar-refractivity contribution in [2.75, 3.05) is 59.3 Å². The van der Waals surface area contributed by atoms with E-state index in [4.69, 9.17) is 9.72 Å². The SMILES string of the molecule is COc1cc(-c2cnc3[nH]cc(-c4ccc(C(=O)N(C)C)cc4)c3c2)cc(C)c1N1CCN(C)CC1. The topological polar surface area (TPSA) is 64.7 Å². The first kappa shape index (κ1) is 23.9. The highest BCUT2D eigenvalue weighted by Gasteiger charge is 2.21. The van der Waals surface area contributed by atoms with Crippen LogP contribution in [0.2, 0.25) is 0 Å². The molecule has 2 aromatic heterocycles. The first-order valence-corrected chi connectivity index (χ1v) is 12.3. The number of pyridine rings is 1. The van der Waals surface area contributed by atoms with Crippen LogP contribution < -0.4 is 9.64 Å². The summed E-state index contributed by atoms with van der Waals surface area (Å²) in [5.74, 6) is 0.888. The lowest BCUT2D eigenvalue weighted by Gasteiger charge is -2.35. The van der Waals surface area contributed by atoms with Crippen molar-refractivity contribution >= 4 is 22.6 Å². The minimum Gasteiger partial charge on any atom is -0.495 e. The van der Waals surface area contributed by atoms with Gasteiger partial charge in [0.1, 0.15) is 11.4 Å². The smallest absolute Gasteiger partial charge is 0.253 e. The third kappa shape index (κ3) is 4.42. The summed E-state index contributed by atoms with van der Waals surface area (Å²) in [4.78, 5) is 26.6. The number of amides is 1. The Hall–Kier alpha value is -3.84. The fourth-order valence-corrected chi connectivity index (χ4v) is 4.96. The Balaban J connectivity index is 1.51. The molecule has 7 heteroatoms. The maximum Gasteiger partial charge on any atom is 0.253 e. The molecule has 7 nitrogen and oxygen atoms in total. The summed E-state index contributed by atoms with van der Waals surface area (Å²) in [5, 5.41) is 1.04. The number of carbonyl (C=O) groups excluding carboxylic acids is 1. The van der Waals surface area contributed by atoms with Crippen molar-refractivity contribution in [3.63, 3.8) is 0 Å². The lowest BCUT2D eigenvalue weighted by atomic mass is 9.99. The van der Waals surface area contributed by atoms with Gasteiger partial charge in [0.2, 0.25) is 0 Å². The molecule has 1 saturated heterocycles. The number of fused-ring (bicyclic) bond motifs is 1. The van der Waals surface area contributed by atoms with Crippen LogP contribution in [0.4, 0.5) is 5.69 Å². The zero-order chi connectivity index (χ0) is 25.4. The number of hydrogen-bond donors (Lipinski definition) is 1. The molecule has 3 heterocycles. The Morgan fingerprint density at radius 1 is 1.00 bits per heavy atom. The van der Waals surface area contributed by atoms with Crippen molar-refractivity contribution in [3.8, 4) is 28.0 Å². The van der Waals surface area contributed by atoms with Gasteiger partial charge in [-0.25, -0.2) is 4.98 Å². The number of benzene rings is 2. The summed E-state index contributed by atoms with van der Waals surface area (Å²) in [6.45, 7) is 6.24. The maximum atomic E-state index is 12.3. The van der Waals surface area contributed by atoms with Gasteiger partial charge in [0.05, 0.1) is 12.8 Å². The highest BCUT2D eigenvalue weighted by molar-refractivity contribution is 5.98. The number of anilines is 1. The second kappa shape index (κ2) is 9.66. The third-order valence-corrected chi connectivity index (χ3v) is 7.02. The fourth-order valence-electron chi connectivity index (χ4n) is 4.96. The maximum absolute atomic E-state index is 12.3. The van der Waals surface area contributed by atoms with Crippen LogP contribution in [0.25, 0.3) is 33.3 Å². The minimum absolute atomic E-state index is 0.00577. The molecule has 0 bridgehead atoms. The van der Waals surface area contributed by atoms with Gasteiger partial charge in [-0.3, -0.25) is 4.79 Å². The van der Waals surface area contributed by atoms with Gasteiger partial charge in [0.15, 0.2) is 0 Å². The standard InChI is InChI=1S/C29H33N5O2/c1-19-14-22(16-26(36-5)27(19)34-12-10-33(4)11-13-34)23-15-24-25(18-31-28(24)30-17-23)20-6-8-21(9-7-20)29(35)32(2)3/h6-9,14-18H,10-13H2,1-5H3,(H,30,31). The van der Waals surface area contributed by atoms with Crippen molar-refractivity contribution in [1.29, 1.82) is 0 Å². The molecule has 4 aromatic rings. The number of rotatable bonds is 5. The molecule has 1 aliphatic heterocycles. The molecule has 0 aliphatic carbocycles. The number of H-pyrrole nitrogens is 1. The molecule has 1 fully saturated rings. The number of aromatic amines is 1. The van der Waals surface area contributed by atoms with E-state index in [-0.39, 0.29) is 5.91 Å². The van der Waals surface area contributed by atoms with Crippen LogP contribution in [-0.4, -0.2) is 80.1 Å². The van der Waals surface area contributed by atoms with Crippen molar-refractivity contribution in [2.24, 2.45) is 0 Å². The summed E-state index contributed by atoms with van der Waals surface area (Å²) in [7, 11) is 7.43. The molecule has 186 valence electrons. The number of aromatic nitrogens is 2. The van der Waals surface area contributed by atoms with E-state index in [1.807, 2.05) is 36.7 Å². The molecular formula is C29H33N5O2. The van der Waals surface area contributed by atoms with Gasteiger partial charge in [0.25, 0.3) is 5.91 Å². The number of methoxy groups -OCH3 is 1. The highest BCUT2D eigenvalue weighted by Crippen LogP contribution is 2.38. The molecule has 1 N–H and O–H groups in total. The van der Waals surface area contributed by atoms with E-state index in [1.54, 1.807) is 26.1 Å². The summed E-state index contributed by atoms with van der Waals surface area (Å²) >= 11 is 0. The van der Waals surface area contributed by atoms with Crippen LogP contribution >= 0.6 is 0 Å². The van der Waals surface area contributed by atoms with Gasteiger partial charge in [-0.05, 0) is 61.0 Å². The van der Waals surface area contributed by atoms with E-state index in [0.29, 0.717) is 5.56 Å². The number of hydrogen-bond acceptors (Lipinski definition) is 5. The second-order valence-corrected chi connectivity index (χ2v) is 9.73. The largest absolute Gasteiger partial charge is 0.495 e. The molecule has 0 unspecified atom stereocenters. The van der Waals surface area contributed by atoms with Crippen LogP contribution in [0, 0.1) is 6.92 Å². The van der Waals surface area contributed by atoms with Crippen molar-refractivity contribution in [3.05, 3.63) is 66.0 Å². The first-order valence-electron chi connectivity index (χ1n) is 12.3. The van der Waals surface area contributed by atoms with Gasteiger partial charge in [-0.15, -0.1) is 0 Å². The quantitative estimate of drug-likeness (QED) is 0.447. The van der Waals surface area contributed by atoms with Crippen LogP contribution in [0.1, 0.15) is 15.9 Å². The average molecular weight is 484 g/mol. The normalized spacial score (nSPS) is 14.3. The van der Waals surface area contributed by atoms with E-state index in [2.05, 4.69) is 47.0 Å². The monoisotopic (exact) mass is 483 g/mol. The number of piperazine rings is 1. The highest BCUT2D eigenvalue weighted by atomic mass is 16.5. The van der Waals surface area contributed by atoms with Gasteiger partial charge in [0, 0.05) is 74.7 Å². The molecule has 0 saturated carbocycles. The molecule has 0 radical (unpaired) electrons. The molecule has 1 aliphatic rings. The Morgan fingerprint density at radius 3 is 2.39 bits per heavy atom. The lowest BCUT2D eigenvalue weighted by Crippen LogP contribution is -2.44. The van der Waals surface area contributed by atoms with Crippen molar-refractivity contribution in [1.82, 2.24) is 19.8 Å². The van der Waals surface area contributed by atoms with Gasteiger partial charge in [-0.1, -0.05) is 12.1 Å². The molecule has 0 spiro atoms. The van der Waals surface area contributed by atoms with Crippen molar-refractivity contribution < 1.29 is 9.53 Å². The Morgan fingerprint density at radius 2 is 1.72 bits per heavy atom. The molecule has 0 atom stereocenters. The van der Waals surface area contributed by atoms with E-state index >= 15 is 0 Å². The predicted molar refractivity (Wildman–Crippen MR) is 146 cm³/mol. The second-order valence-electron chi connectivity index (χ2n) is 9.73. The zero-order valence-electron chi connectivity index (χ0n) is 21.6. The Labute approximate surface area is 212 Å². The molecule has 2 aromatic carbocycles. The summed E-state index contributed by atoms with van der Waals surface area (Å²) in [6, 6.07) is 14.3. The molecular weight excluding hydrogens is 450 g/mol. The number of ether oxygens (including phenoxy) is 1. The number of nitrogens with zero attached hydrogens (tertiary/aromatic N) is 4. The number of carbonyl (C=O) groups is 1. The van der Waals surface area contributed by atoms with E-state index in [9.17, 15) is 4.79 Å². The molecule has 1 amide bonds. The average Bonchev–Trinajstić information content (AvgIpc) is 3.32. The van der Waals surface area contributed by atoms with E-state index in [0.717, 1.165) is 65.2 Å². The predicted octanol–water partition coefficient (Wildman–Crippen LogP) is 4.67. The van der Waals surface area contributed by atoms with Crippen LogP contribution in [0.5, 0.6) is 5.75 Å². The lowest BCUT2D eigenvalue weighted by molar-refractivity contribution is 0.0827. The number of likely N-dealkylation sites (N-methyl/N-ethyl adjacent to an activating group) is 1. The van der Waals surface area contributed by atoms with Crippen molar-refractivity contribution in [2.45, 2.75) is 6.92 Å². The molecule has 36 heavy (non-hydrogen) atoms. The van der Waals surface area contributed by atoms with E-state index in [1.165, 1.54) is 11.3 Å². The molecule has 5 rings (SSSR count). The Bertz CT molecular complexity index is 1400. The van der Waals surface area contributed by atoms with Gasteiger partial charge >= 0.3 is 0 Å². The number of nitrogens with one attached hydrogen (secondary N) is 1. The fraction of sp³-hybridized carbons (Fsp3) is 0.310. The van der Waals surface area contributed by atoms with Crippen LogP contribution in [0.15, 0.2) is 54.9 Å². The summed E-state index contributed by atoms with van der Waals surface area (Å²) in [6.07, 6.45) is 3.89. The van der Waals surface area contributed by atoms with Crippen LogP contribution in [0.3, 0.4) is 0 Å². The van der Waals surface area contributed by atoms with Gasteiger partial charge in [-0.2, -0.15) is 0 Å². The summed E-state index contributed by atoms with van der Waals surface area (Å²) in [5.41, 5.74) is 8.09. The minimum atomic E-state index is -0.00577. The first-order chi connectivity index (χ1) is 17.4. The zero-order valence-corrected chi connectivity index (χ0v) is 21.6. The van der Waals surface area contributed by atoms with Gasteiger partial charge < -0.3 is 24.4 Å². The Kier molecular flexibility index (Phi) is 6.41. The summed E-state index contributed by atoms with van der Waals surface area (Å²) < 4.78 is 5.87. The third-order valence-electron chi connectivity index (χ3n) is 7.02. The van der Waals surface area contributed by atoms with Crippen LogP contribution in [-0.2, 0) is 0 Å².